The second kappa shape index (κ2) is 8.81. The molecular formula is C24H22N4O4. The van der Waals surface area contributed by atoms with E-state index in [-0.39, 0.29) is 11.6 Å². The number of carbonyl (C=O) groups excluding carboxylic acids is 2. The molecule has 0 unspecified atom stereocenters. The molecule has 32 heavy (non-hydrogen) atoms. The molecular weight excluding hydrogens is 408 g/mol. The van der Waals surface area contributed by atoms with Crippen LogP contribution in [-0.4, -0.2) is 35.4 Å². The first kappa shape index (κ1) is 20.9. The van der Waals surface area contributed by atoms with Gasteiger partial charge in [0.05, 0.1) is 25.6 Å². The standard InChI is InChI=1S/C24H22N4O4/c1-15-9-10-28-14-19(25-22(28)11-15)24(30)27-18-13-20(31-2)17(12-21(18)32-3)26-23(29)16-7-5-4-6-8-16/h4-14H,1-3H3,(H,26,29)(H,27,30). The van der Waals surface area contributed by atoms with Gasteiger partial charge in [-0.05, 0) is 36.8 Å². The molecule has 0 aliphatic carbocycles. The van der Waals surface area contributed by atoms with Crippen molar-refractivity contribution in [3.05, 3.63) is 83.8 Å². The predicted octanol–water partition coefficient (Wildman–Crippen LogP) is 4.16. The first-order valence-corrected chi connectivity index (χ1v) is 9.87. The number of carbonyl (C=O) groups is 2. The Kier molecular flexibility index (Phi) is 5.76. The van der Waals surface area contributed by atoms with Crippen LogP contribution in [0.25, 0.3) is 5.65 Å². The van der Waals surface area contributed by atoms with Crippen LogP contribution in [0, 0.1) is 6.92 Å². The maximum atomic E-state index is 12.8. The van der Waals surface area contributed by atoms with Gasteiger partial charge in [-0.25, -0.2) is 4.98 Å². The minimum Gasteiger partial charge on any atom is -0.494 e. The van der Waals surface area contributed by atoms with Crippen molar-refractivity contribution in [3.8, 4) is 11.5 Å². The van der Waals surface area contributed by atoms with Crippen molar-refractivity contribution in [2.75, 3.05) is 24.9 Å². The molecule has 0 aliphatic rings. The maximum absolute atomic E-state index is 12.8. The summed E-state index contributed by atoms with van der Waals surface area (Å²) < 4.78 is 12.6. The summed E-state index contributed by atoms with van der Waals surface area (Å²) in [4.78, 5) is 29.8. The molecule has 162 valence electrons. The number of ether oxygens (including phenoxy) is 2. The Labute approximate surface area is 184 Å². The number of imidazole rings is 1. The van der Waals surface area contributed by atoms with Crippen molar-refractivity contribution in [2.24, 2.45) is 0 Å². The van der Waals surface area contributed by atoms with Gasteiger partial charge in [-0.1, -0.05) is 18.2 Å². The number of anilines is 2. The van der Waals surface area contributed by atoms with Crippen LogP contribution in [0.1, 0.15) is 26.4 Å². The number of methoxy groups -OCH3 is 2. The van der Waals surface area contributed by atoms with E-state index in [1.54, 1.807) is 47.0 Å². The van der Waals surface area contributed by atoms with Crippen molar-refractivity contribution >= 4 is 28.8 Å². The van der Waals surface area contributed by atoms with E-state index in [1.807, 2.05) is 31.3 Å². The number of hydrogen-bond donors (Lipinski definition) is 2. The fourth-order valence-electron chi connectivity index (χ4n) is 3.26. The highest BCUT2D eigenvalue weighted by Crippen LogP contribution is 2.37. The van der Waals surface area contributed by atoms with Gasteiger partial charge in [-0.15, -0.1) is 0 Å². The number of benzene rings is 2. The maximum Gasteiger partial charge on any atom is 0.275 e. The fraction of sp³-hybridized carbons (Fsp3) is 0.125. The summed E-state index contributed by atoms with van der Waals surface area (Å²) in [5.74, 6) is 0.0497. The van der Waals surface area contributed by atoms with Crippen LogP contribution in [0.2, 0.25) is 0 Å². The average molecular weight is 430 g/mol. The molecule has 0 radical (unpaired) electrons. The van der Waals surface area contributed by atoms with Crippen molar-refractivity contribution in [3.63, 3.8) is 0 Å². The Morgan fingerprint density at radius 1 is 0.875 bits per heavy atom. The summed E-state index contributed by atoms with van der Waals surface area (Å²) in [6.45, 7) is 1.96. The Hall–Kier alpha value is -4.33. The van der Waals surface area contributed by atoms with Crippen molar-refractivity contribution in [1.29, 1.82) is 0 Å². The second-order valence-electron chi connectivity index (χ2n) is 7.12. The van der Waals surface area contributed by atoms with Crippen LogP contribution < -0.4 is 20.1 Å². The highest BCUT2D eigenvalue weighted by Gasteiger charge is 2.18. The third-order valence-corrected chi connectivity index (χ3v) is 4.90. The zero-order valence-corrected chi connectivity index (χ0v) is 17.9. The second-order valence-corrected chi connectivity index (χ2v) is 7.12. The molecule has 2 amide bonds. The molecule has 0 fully saturated rings. The first-order valence-electron chi connectivity index (χ1n) is 9.87. The van der Waals surface area contributed by atoms with Crippen LogP contribution >= 0.6 is 0 Å². The number of rotatable bonds is 6. The van der Waals surface area contributed by atoms with E-state index in [0.717, 1.165) is 5.56 Å². The number of aryl methyl sites for hydroxylation is 1. The highest BCUT2D eigenvalue weighted by molar-refractivity contribution is 6.07. The molecule has 0 saturated heterocycles. The van der Waals surface area contributed by atoms with E-state index >= 15 is 0 Å². The molecule has 2 aromatic carbocycles. The SMILES string of the molecule is COc1cc(NC(=O)c2cn3ccc(C)cc3n2)c(OC)cc1NC(=O)c1ccccc1. The minimum atomic E-state index is -0.396. The quantitative estimate of drug-likeness (QED) is 0.479. The van der Waals surface area contributed by atoms with Crippen LogP contribution in [0.3, 0.4) is 0 Å². The van der Waals surface area contributed by atoms with Crippen LogP contribution in [0.15, 0.2) is 67.0 Å². The molecule has 4 rings (SSSR count). The summed E-state index contributed by atoms with van der Waals surface area (Å²) >= 11 is 0. The number of nitrogens with zero attached hydrogens (tertiary/aromatic N) is 2. The molecule has 4 aromatic rings. The van der Waals surface area contributed by atoms with Gasteiger partial charge in [-0.2, -0.15) is 0 Å². The molecule has 0 atom stereocenters. The number of nitrogens with one attached hydrogen (secondary N) is 2. The zero-order chi connectivity index (χ0) is 22.7. The van der Waals surface area contributed by atoms with Gasteiger partial charge < -0.3 is 24.5 Å². The Bertz CT molecular complexity index is 1300. The molecule has 0 aliphatic heterocycles. The summed E-state index contributed by atoms with van der Waals surface area (Å²) in [6.07, 6.45) is 3.50. The Morgan fingerprint density at radius 2 is 1.50 bits per heavy atom. The zero-order valence-electron chi connectivity index (χ0n) is 17.9. The lowest BCUT2D eigenvalue weighted by Gasteiger charge is -2.16. The van der Waals surface area contributed by atoms with Gasteiger partial charge in [0.2, 0.25) is 0 Å². The van der Waals surface area contributed by atoms with Gasteiger partial charge in [0, 0.05) is 30.1 Å². The average Bonchev–Trinajstić information content (AvgIpc) is 3.23. The summed E-state index contributed by atoms with van der Waals surface area (Å²) in [6, 6.07) is 15.9. The van der Waals surface area contributed by atoms with E-state index < -0.39 is 5.91 Å². The van der Waals surface area contributed by atoms with E-state index in [4.69, 9.17) is 9.47 Å². The van der Waals surface area contributed by atoms with E-state index in [9.17, 15) is 9.59 Å². The van der Waals surface area contributed by atoms with Crippen LogP contribution in [0.4, 0.5) is 11.4 Å². The Morgan fingerprint density at radius 3 is 2.12 bits per heavy atom. The van der Waals surface area contributed by atoms with E-state index in [0.29, 0.717) is 34.1 Å². The largest absolute Gasteiger partial charge is 0.494 e. The molecule has 0 bridgehead atoms. The molecule has 0 spiro atoms. The number of fused-ring (bicyclic) bond motifs is 1. The third-order valence-electron chi connectivity index (χ3n) is 4.90. The topological polar surface area (TPSA) is 94.0 Å². The van der Waals surface area contributed by atoms with Crippen molar-refractivity contribution in [1.82, 2.24) is 9.38 Å². The van der Waals surface area contributed by atoms with E-state index in [1.165, 1.54) is 14.2 Å². The third kappa shape index (κ3) is 4.24. The molecule has 8 heteroatoms. The van der Waals surface area contributed by atoms with Gasteiger partial charge in [0.15, 0.2) is 0 Å². The van der Waals surface area contributed by atoms with Crippen LogP contribution in [-0.2, 0) is 0 Å². The first-order chi connectivity index (χ1) is 15.5. The molecule has 0 saturated carbocycles. The lowest BCUT2D eigenvalue weighted by atomic mass is 10.2. The lowest BCUT2D eigenvalue weighted by Crippen LogP contribution is -2.15. The summed E-state index contributed by atoms with van der Waals surface area (Å²) in [5.41, 5.74) is 3.30. The molecule has 2 aromatic heterocycles. The fourth-order valence-corrected chi connectivity index (χ4v) is 3.26. The lowest BCUT2D eigenvalue weighted by molar-refractivity contribution is 0.101. The Balaban J connectivity index is 1.60. The minimum absolute atomic E-state index is 0.262. The molecule has 2 N–H and O–H groups in total. The summed E-state index contributed by atoms with van der Waals surface area (Å²) in [5, 5.41) is 5.62. The number of pyridine rings is 1. The number of aromatic nitrogens is 2. The van der Waals surface area contributed by atoms with Gasteiger partial charge in [-0.3, -0.25) is 9.59 Å². The predicted molar refractivity (Wildman–Crippen MR) is 122 cm³/mol. The van der Waals surface area contributed by atoms with Crippen molar-refractivity contribution < 1.29 is 19.1 Å². The van der Waals surface area contributed by atoms with Gasteiger partial charge in [0.25, 0.3) is 11.8 Å². The molecule has 2 heterocycles. The van der Waals surface area contributed by atoms with Gasteiger partial charge >= 0.3 is 0 Å². The van der Waals surface area contributed by atoms with E-state index in [2.05, 4.69) is 15.6 Å². The van der Waals surface area contributed by atoms with Gasteiger partial charge in [0.1, 0.15) is 22.8 Å². The smallest absolute Gasteiger partial charge is 0.275 e. The van der Waals surface area contributed by atoms with Crippen LogP contribution in [0.5, 0.6) is 11.5 Å². The molecule has 8 nitrogen and oxygen atoms in total. The monoisotopic (exact) mass is 430 g/mol. The number of hydrogen-bond acceptors (Lipinski definition) is 5. The highest BCUT2D eigenvalue weighted by atomic mass is 16.5. The van der Waals surface area contributed by atoms with Crippen molar-refractivity contribution in [2.45, 2.75) is 6.92 Å². The normalized spacial score (nSPS) is 10.6. The number of amides is 2. The summed E-state index contributed by atoms with van der Waals surface area (Å²) in [7, 11) is 2.96.